The minimum absolute atomic E-state index is 0.311. The van der Waals surface area contributed by atoms with Gasteiger partial charge in [-0.3, -0.25) is 0 Å². The maximum absolute atomic E-state index is 5.95. The Morgan fingerprint density at radius 2 is 2.11 bits per heavy atom. The molecule has 0 amide bonds. The van der Waals surface area contributed by atoms with E-state index in [1.165, 1.54) is 30.8 Å². The fourth-order valence-electron chi connectivity index (χ4n) is 1.34. The zero-order chi connectivity index (χ0) is 6.32. The maximum Gasteiger partial charge on any atom is 0.0159 e. The molecule has 1 aliphatic carbocycles. The lowest BCUT2D eigenvalue weighted by atomic mass is 10.0. The van der Waals surface area contributed by atoms with Crippen LogP contribution in [0.1, 0.15) is 19.3 Å². The van der Waals surface area contributed by atoms with Gasteiger partial charge in [-0.1, -0.05) is 0 Å². The van der Waals surface area contributed by atoms with Crippen LogP contribution in [0.25, 0.3) is 0 Å². The van der Waals surface area contributed by atoms with E-state index in [-0.39, 0.29) is 0 Å². The first-order valence-corrected chi connectivity index (χ1v) is 4.81. The zero-order valence-corrected chi connectivity index (χ0v) is 6.41. The van der Waals surface area contributed by atoms with Gasteiger partial charge in [-0.25, -0.2) is 0 Å². The van der Waals surface area contributed by atoms with Crippen LogP contribution in [0.5, 0.6) is 0 Å². The molecule has 2 heteroatoms. The molecule has 2 rings (SSSR count). The van der Waals surface area contributed by atoms with Gasteiger partial charge in [-0.2, -0.15) is 11.8 Å². The normalized spacial score (nSPS) is 31.7. The lowest BCUT2D eigenvalue weighted by Crippen LogP contribution is -2.30. The van der Waals surface area contributed by atoms with Gasteiger partial charge in [0, 0.05) is 5.54 Å². The average molecular weight is 143 g/mol. The topological polar surface area (TPSA) is 26.0 Å². The van der Waals surface area contributed by atoms with Gasteiger partial charge in [-0.05, 0) is 36.7 Å². The van der Waals surface area contributed by atoms with Gasteiger partial charge in [0.1, 0.15) is 0 Å². The van der Waals surface area contributed by atoms with Crippen molar-refractivity contribution in [2.24, 2.45) is 11.7 Å². The Balaban J connectivity index is 1.76. The number of rotatable bonds is 2. The first kappa shape index (κ1) is 6.05. The molecular formula is C7H13NS. The molecular weight excluding hydrogens is 130 g/mol. The monoisotopic (exact) mass is 143 g/mol. The highest BCUT2D eigenvalue weighted by Crippen LogP contribution is 2.42. The lowest BCUT2D eigenvalue weighted by molar-refractivity contribution is 0.481. The largest absolute Gasteiger partial charge is 0.325 e. The summed E-state index contributed by atoms with van der Waals surface area (Å²) in [5.74, 6) is 3.72. The minimum Gasteiger partial charge on any atom is -0.325 e. The van der Waals surface area contributed by atoms with Crippen molar-refractivity contribution in [3.8, 4) is 0 Å². The van der Waals surface area contributed by atoms with Gasteiger partial charge in [-0.15, -0.1) is 0 Å². The Hall–Kier alpha value is 0.310. The highest BCUT2D eigenvalue weighted by molar-refractivity contribution is 8.00. The molecule has 2 N–H and O–H groups in total. The molecule has 9 heavy (non-hydrogen) atoms. The summed E-state index contributed by atoms with van der Waals surface area (Å²) in [7, 11) is 0. The van der Waals surface area contributed by atoms with E-state index in [2.05, 4.69) is 11.8 Å². The summed E-state index contributed by atoms with van der Waals surface area (Å²) in [4.78, 5) is 0. The predicted molar refractivity (Wildman–Crippen MR) is 41.6 cm³/mol. The fourth-order valence-corrected chi connectivity index (χ4v) is 2.15. The molecule has 0 aromatic heterocycles. The van der Waals surface area contributed by atoms with Crippen LogP contribution in [0.3, 0.4) is 0 Å². The molecule has 2 fully saturated rings. The maximum atomic E-state index is 5.95. The summed E-state index contributed by atoms with van der Waals surface area (Å²) in [6.45, 7) is 0. The second-order valence-electron chi connectivity index (χ2n) is 3.47. The highest BCUT2D eigenvalue weighted by atomic mass is 32.2. The Labute approximate surface area is 60.4 Å². The summed E-state index contributed by atoms with van der Waals surface area (Å²) in [6, 6.07) is 0. The number of thioether (sulfide) groups is 1. The molecule has 2 aliphatic rings. The van der Waals surface area contributed by atoms with E-state index >= 15 is 0 Å². The van der Waals surface area contributed by atoms with Crippen LogP contribution in [0.4, 0.5) is 0 Å². The van der Waals surface area contributed by atoms with Gasteiger partial charge >= 0.3 is 0 Å². The molecule has 1 saturated carbocycles. The van der Waals surface area contributed by atoms with E-state index < -0.39 is 0 Å². The molecule has 1 nitrogen and oxygen atoms in total. The van der Waals surface area contributed by atoms with Crippen LogP contribution >= 0.6 is 11.8 Å². The molecule has 0 spiro atoms. The average Bonchev–Trinajstić information content (AvgIpc) is 2.39. The molecule has 1 saturated heterocycles. The smallest absolute Gasteiger partial charge is 0.0159 e. The van der Waals surface area contributed by atoms with Gasteiger partial charge in [0.2, 0.25) is 0 Å². The molecule has 0 aromatic carbocycles. The molecule has 0 aromatic rings. The first-order chi connectivity index (χ1) is 4.29. The van der Waals surface area contributed by atoms with E-state index in [0.29, 0.717) is 5.54 Å². The summed E-state index contributed by atoms with van der Waals surface area (Å²) < 4.78 is 0. The van der Waals surface area contributed by atoms with E-state index in [0.717, 1.165) is 5.92 Å². The summed E-state index contributed by atoms with van der Waals surface area (Å²) in [5, 5.41) is 0. The second-order valence-corrected chi connectivity index (χ2v) is 4.54. The van der Waals surface area contributed by atoms with E-state index in [9.17, 15) is 0 Å². The van der Waals surface area contributed by atoms with Gasteiger partial charge in [0.15, 0.2) is 0 Å². The molecule has 0 unspecified atom stereocenters. The molecule has 1 heterocycles. The molecule has 1 aliphatic heterocycles. The van der Waals surface area contributed by atoms with E-state index in [1.807, 2.05) is 0 Å². The first-order valence-electron chi connectivity index (χ1n) is 3.65. The van der Waals surface area contributed by atoms with Crippen LogP contribution in [0, 0.1) is 5.92 Å². The van der Waals surface area contributed by atoms with Crippen molar-refractivity contribution in [1.29, 1.82) is 0 Å². The third kappa shape index (κ3) is 1.24. The van der Waals surface area contributed by atoms with Crippen LogP contribution in [-0.4, -0.2) is 17.0 Å². The quantitative estimate of drug-likeness (QED) is 0.629. The fraction of sp³-hybridized carbons (Fsp3) is 1.00. The van der Waals surface area contributed by atoms with Crippen molar-refractivity contribution in [3.63, 3.8) is 0 Å². The Morgan fingerprint density at radius 3 is 2.44 bits per heavy atom. The summed E-state index contributed by atoms with van der Waals surface area (Å²) >= 11 is 2.06. The third-order valence-electron chi connectivity index (χ3n) is 2.29. The summed E-state index contributed by atoms with van der Waals surface area (Å²) in [6.07, 6.45) is 3.88. The standard InChI is InChI=1S/C7H13NS/c8-7(1-2-7)3-6-4-9-5-6/h6H,1-5,8H2. The van der Waals surface area contributed by atoms with Crippen molar-refractivity contribution in [2.75, 3.05) is 11.5 Å². The molecule has 0 atom stereocenters. The predicted octanol–water partition coefficient (Wildman–Crippen LogP) is 1.23. The Kier molecular flexibility index (Phi) is 1.27. The van der Waals surface area contributed by atoms with Crippen molar-refractivity contribution in [2.45, 2.75) is 24.8 Å². The summed E-state index contributed by atoms with van der Waals surface area (Å²) in [5.41, 5.74) is 6.26. The lowest BCUT2D eigenvalue weighted by Gasteiger charge is -2.27. The molecule has 0 radical (unpaired) electrons. The van der Waals surface area contributed by atoms with Gasteiger partial charge in [0.05, 0.1) is 0 Å². The van der Waals surface area contributed by atoms with Crippen molar-refractivity contribution < 1.29 is 0 Å². The highest BCUT2D eigenvalue weighted by Gasteiger charge is 2.41. The van der Waals surface area contributed by atoms with E-state index in [1.54, 1.807) is 0 Å². The number of hydrogen-bond donors (Lipinski definition) is 1. The second kappa shape index (κ2) is 1.89. The van der Waals surface area contributed by atoms with Crippen LogP contribution in [0.15, 0.2) is 0 Å². The van der Waals surface area contributed by atoms with Crippen molar-refractivity contribution >= 4 is 11.8 Å². The number of nitrogens with two attached hydrogens (primary N) is 1. The van der Waals surface area contributed by atoms with Gasteiger partial charge < -0.3 is 5.73 Å². The van der Waals surface area contributed by atoms with Crippen LogP contribution < -0.4 is 5.73 Å². The zero-order valence-electron chi connectivity index (χ0n) is 5.60. The SMILES string of the molecule is NC1(CC2CSC2)CC1. The third-order valence-corrected chi connectivity index (χ3v) is 3.71. The van der Waals surface area contributed by atoms with Gasteiger partial charge in [0.25, 0.3) is 0 Å². The van der Waals surface area contributed by atoms with Crippen LogP contribution in [0.2, 0.25) is 0 Å². The van der Waals surface area contributed by atoms with Crippen molar-refractivity contribution in [3.05, 3.63) is 0 Å². The molecule has 52 valence electrons. The molecule has 0 bridgehead atoms. The van der Waals surface area contributed by atoms with Crippen LogP contribution in [-0.2, 0) is 0 Å². The Morgan fingerprint density at radius 1 is 1.44 bits per heavy atom. The Bertz CT molecular complexity index is 116. The van der Waals surface area contributed by atoms with E-state index in [4.69, 9.17) is 5.73 Å². The van der Waals surface area contributed by atoms with Crippen molar-refractivity contribution in [1.82, 2.24) is 0 Å². The minimum atomic E-state index is 0.311. The number of hydrogen-bond acceptors (Lipinski definition) is 2.